The number of guanidine groups is 1. The average molecular weight is 505 g/mol. The van der Waals surface area contributed by atoms with Gasteiger partial charge in [-0.2, -0.15) is 0 Å². The lowest BCUT2D eigenvalue weighted by Gasteiger charge is -2.13. The summed E-state index contributed by atoms with van der Waals surface area (Å²) in [6, 6.07) is 11.6. The van der Waals surface area contributed by atoms with Crippen LogP contribution in [0, 0.1) is 0 Å². The van der Waals surface area contributed by atoms with Crippen LogP contribution in [0.15, 0.2) is 47.6 Å². The lowest BCUT2D eigenvalue weighted by Crippen LogP contribution is -2.36. The van der Waals surface area contributed by atoms with Crippen molar-refractivity contribution in [2.45, 2.75) is 20.0 Å². The number of nitrogens with one attached hydrogen (secondary N) is 2. The second kappa shape index (κ2) is 13.6. The highest BCUT2D eigenvalue weighted by Gasteiger charge is 2.06. The first-order chi connectivity index (χ1) is 12.7. The standard InChI is InChI=1S/C19H25ClN4O2.HI/c1-3-21-19(23-13-15-7-4-5-9-17(15)20)24-14-16-8-6-10-22-18(16)26-12-11-25-2;/h4-10H,3,11-14H2,1-2H3,(H2,21,23,24);1H. The largest absolute Gasteiger partial charge is 0.475 e. The van der Waals surface area contributed by atoms with Crippen molar-refractivity contribution in [2.75, 3.05) is 26.9 Å². The summed E-state index contributed by atoms with van der Waals surface area (Å²) in [5.74, 6) is 1.29. The van der Waals surface area contributed by atoms with Gasteiger partial charge in [0.25, 0.3) is 0 Å². The maximum absolute atomic E-state index is 6.20. The first-order valence-corrected chi connectivity index (χ1v) is 8.93. The van der Waals surface area contributed by atoms with Gasteiger partial charge in [0.1, 0.15) is 6.61 Å². The van der Waals surface area contributed by atoms with Gasteiger partial charge in [-0.1, -0.05) is 35.9 Å². The maximum Gasteiger partial charge on any atom is 0.218 e. The Morgan fingerprint density at radius 2 is 1.89 bits per heavy atom. The second-order valence-electron chi connectivity index (χ2n) is 5.45. The van der Waals surface area contributed by atoms with Gasteiger partial charge in [0.2, 0.25) is 5.88 Å². The summed E-state index contributed by atoms with van der Waals surface area (Å²) < 4.78 is 10.7. The first-order valence-electron chi connectivity index (χ1n) is 8.55. The number of hydrogen-bond acceptors (Lipinski definition) is 4. The molecule has 2 aromatic rings. The number of aromatic nitrogens is 1. The molecule has 2 rings (SSSR count). The van der Waals surface area contributed by atoms with E-state index in [-0.39, 0.29) is 24.0 Å². The summed E-state index contributed by atoms with van der Waals surface area (Å²) in [6.45, 7) is 4.80. The van der Waals surface area contributed by atoms with Crippen molar-refractivity contribution in [1.29, 1.82) is 0 Å². The van der Waals surface area contributed by atoms with Crippen LogP contribution in [-0.4, -0.2) is 37.8 Å². The van der Waals surface area contributed by atoms with Crippen LogP contribution >= 0.6 is 35.6 Å². The van der Waals surface area contributed by atoms with E-state index < -0.39 is 0 Å². The molecular weight excluding hydrogens is 479 g/mol. The van der Waals surface area contributed by atoms with E-state index in [4.69, 9.17) is 21.1 Å². The van der Waals surface area contributed by atoms with Crippen molar-refractivity contribution in [2.24, 2.45) is 4.99 Å². The minimum Gasteiger partial charge on any atom is -0.475 e. The Balaban J connectivity index is 0.00000364. The average Bonchev–Trinajstić information content (AvgIpc) is 2.66. The molecule has 27 heavy (non-hydrogen) atoms. The van der Waals surface area contributed by atoms with Crippen molar-refractivity contribution in [3.8, 4) is 5.88 Å². The van der Waals surface area contributed by atoms with E-state index in [2.05, 4.69) is 20.6 Å². The molecule has 2 N–H and O–H groups in total. The van der Waals surface area contributed by atoms with Gasteiger partial charge >= 0.3 is 0 Å². The monoisotopic (exact) mass is 504 g/mol. The van der Waals surface area contributed by atoms with E-state index in [0.29, 0.717) is 38.1 Å². The van der Waals surface area contributed by atoms with Gasteiger partial charge in [0.15, 0.2) is 5.96 Å². The molecule has 0 aliphatic rings. The number of nitrogens with zero attached hydrogens (tertiary/aromatic N) is 2. The van der Waals surface area contributed by atoms with Crippen molar-refractivity contribution in [1.82, 2.24) is 15.6 Å². The molecule has 0 bridgehead atoms. The van der Waals surface area contributed by atoms with Crippen molar-refractivity contribution >= 4 is 41.5 Å². The summed E-state index contributed by atoms with van der Waals surface area (Å²) in [5, 5.41) is 7.26. The van der Waals surface area contributed by atoms with Crippen LogP contribution < -0.4 is 15.4 Å². The third-order valence-electron chi connectivity index (χ3n) is 3.53. The van der Waals surface area contributed by atoms with Gasteiger partial charge in [-0.25, -0.2) is 9.98 Å². The maximum atomic E-state index is 6.20. The Hall–Kier alpha value is -1.58. The van der Waals surface area contributed by atoms with Crippen LogP contribution in [-0.2, 0) is 17.8 Å². The van der Waals surface area contributed by atoms with Crippen LogP contribution in [0.2, 0.25) is 5.02 Å². The van der Waals surface area contributed by atoms with Crippen molar-refractivity contribution < 1.29 is 9.47 Å². The van der Waals surface area contributed by atoms with E-state index in [1.165, 1.54) is 0 Å². The fraction of sp³-hybridized carbons (Fsp3) is 0.368. The Bertz CT molecular complexity index is 716. The molecule has 0 radical (unpaired) electrons. The predicted molar refractivity (Wildman–Crippen MR) is 120 cm³/mol. The highest BCUT2D eigenvalue weighted by molar-refractivity contribution is 14.0. The first kappa shape index (κ1) is 23.5. The Labute approximate surface area is 182 Å². The quantitative estimate of drug-likeness (QED) is 0.236. The number of hydrogen-bond donors (Lipinski definition) is 2. The molecule has 0 aliphatic carbocycles. The van der Waals surface area contributed by atoms with Gasteiger partial charge in [-0.15, -0.1) is 24.0 Å². The number of halogens is 2. The normalized spacial score (nSPS) is 10.9. The number of pyridine rings is 1. The Kier molecular flexibility index (Phi) is 11.8. The summed E-state index contributed by atoms with van der Waals surface area (Å²) >= 11 is 6.20. The fourth-order valence-corrected chi connectivity index (χ4v) is 2.43. The molecule has 148 valence electrons. The van der Waals surface area contributed by atoms with Gasteiger partial charge in [-0.3, -0.25) is 0 Å². The van der Waals surface area contributed by atoms with E-state index in [9.17, 15) is 0 Å². The number of benzene rings is 1. The summed E-state index contributed by atoms with van der Waals surface area (Å²) in [4.78, 5) is 8.89. The minimum absolute atomic E-state index is 0. The smallest absolute Gasteiger partial charge is 0.218 e. The molecule has 6 nitrogen and oxygen atoms in total. The van der Waals surface area contributed by atoms with Gasteiger partial charge in [0, 0.05) is 37.0 Å². The number of ether oxygens (including phenoxy) is 2. The summed E-state index contributed by atoms with van der Waals surface area (Å²) in [7, 11) is 1.64. The highest BCUT2D eigenvalue weighted by atomic mass is 127. The third-order valence-corrected chi connectivity index (χ3v) is 3.90. The summed E-state index contributed by atoms with van der Waals surface area (Å²) in [6.07, 6.45) is 1.70. The summed E-state index contributed by atoms with van der Waals surface area (Å²) in [5.41, 5.74) is 1.93. The molecule has 0 saturated carbocycles. The molecule has 0 fully saturated rings. The van der Waals surface area contributed by atoms with Crippen LogP contribution in [0.25, 0.3) is 0 Å². The third kappa shape index (κ3) is 8.32. The van der Waals surface area contributed by atoms with Crippen molar-refractivity contribution in [3.05, 3.63) is 58.7 Å². The zero-order valence-corrected chi connectivity index (χ0v) is 18.7. The van der Waals surface area contributed by atoms with E-state index in [0.717, 1.165) is 22.7 Å². The lowest BCUT2D eigenvalue weighted by atomic mass is 10.2. The second-order valence-corrected chi connectivity index (χ2v) is 5.86. The fourth-order valence-electron chi connectivity index (χ4n) is 2.22. The molecular formula is C19H26ClIN4O2. The zero-order valence-electron chi connectivity index (χ0n) is 15.6. The molecule has 0 unspecified atom stereocenters. The van der Waals surface area contributed by atoms with Crippen LogP contribution in [0.3, 0.4) is 0 Å². The molecule has 1 aromatic heterocycles. The SMILES string of the molecule is CCNC(=NCc1cccnc1OCCOC)NCc1ccccc1Cl.I. The Morgan fingerprint density at radius 1 is 1.11 bits per heavy atom. The highest BCUT2D eigenvalue weighted by Crippen LogP contribution is 2.16. The Morgan fingerprint density at radius 3 is 2.63 bits per heavy atom. The van der Waals surface area contributed by atoms with Gasteiger partial charge in [-0.05, 0) is 24.6 Å². The number of rotatable bonds is 9. The predicted octanol–water partition coefficient (Wildman–Crippen LogP) is 3.63. The minimum atomic E-state index is 0. The van der Waals surface area contributed by atoms with Crippen LogP contribution in [0.1, 0.15) is 18.1 Å². The van der Waals surface area contributed by atoms with Gasteiger partial charge in [0.05, 0.1) is 13.2 Å². The molecule has 1 heterocycles. The molecule has 0 spiro atoms. The zero-order chi connectivity index (χ0) is 18.6. The molecule has 8 heteroatoms. The van der Waals surface area contributed by atoms with E-state index in [1.807, 2.05) is 43.3 Å². The van der Waals surface area contributed by atoms with Gasteiger partial charge < -0.3 is 20.1 Å². The molecule has 0 atom stereocenters. The molecule has 0 saturated heterocycles. The number of methoxy groups -OCH3 is 1. The number of aliphatic imine (C=N–C) groups is 1. The lowest BCUT2D eigenvalue weighted by molar-refractivity contribution is 0.143. The topological polar surface area (TPSA) is 67.8 Å². The van der Waals surface area contributed by atoms with Crippen LogP contribution in [0.5, 0.6) is 5.88 Å². The van der Waals surface area contributed by atoms with E-state index >= 15 is 0 Å². The molecule has 0 amide bonds. The van der Waals surface area contributed by atoms with Crippen LogP contribution in [0.4, 0.5) is 0 Å². The van der Waals surface area contributed by atoms with Crippen molar-refractivity contribution in [3.63, 3.8) is 0 Å². The van der Waals surface area contributed by atoms with E-state index in [1.54, 1.807) is 13.3 Å². The molecule has 1 aromatic carbocycles. The molecule has 0 aliphatic heterocycles.